The molecule has 3 heterocycles. The Morgan fingerprint density at radius 1 is 1.15 bits per heavy atom. The van der Waals surface area contributed by atoms with Gasteiger partial charge in [-0.1, -0.05) is 0 Å². The first kappa shape index (κ1) is 17.2. The number of nitrogens with one attached hydrogen (secondary N) is 1. The van der Waals surface area contributed by atoms with Gasteiger partial charge in [-0.05, 0) is 37.5 Å². The highest BCUT2D eigenvalue weighted by molar-refractivity contribution is 5.97. The van der Waals surface area contributed by atoms with Crippen LogP contribution in [0.25, 0.3) is 11.0 Å². The van der Waals surface area contributed by atoms with E-state index < -0.39 is 0 Å². The van der Waals surface area contributed by atoms with Crippen LogP contribution in [0.2, 0.25) is 0 Å². The first-order valence-corrected chi connectivity index (χ1v) is 9.31. The molecule has 0 saturated carbocycles. The van der Waals surface area contributed by atoms with Gasteiger partial charge >= 0.3 is 0 Å². The number of hydrogen-bond acceptors (Lipinski definition) is 5. The summed E-state index contributed by atoms with van der Waals surface area (Å²) in [7, 11) is 0. The van der Waals surface area contributed by atoms with E-state index in [1.54, 1.807) is 18.2 Å². The summed E-state index contributed by atoms with van der Waals surface area (Å²) in [5, 5.41) is 0. The summed E-state index contributed by atoms with van der Waals surface area (Å²) < 4.78 is 5.54. The van der Waals surface area contributed by atoms with Crippen LogP contribution in [0.15, 0.2) is 29.2 Å². The molecule has 2 fully saturated rings. The molecule has 138 valence electrons. The summed E-state index contributed by atoms with van der Waals surface area (Å²) in [5.74, 6) is 0.0225. The number of carbonyl (C=O) groups excluding carboxylic acids is 1. The Bertz CT molecular complexity index is 834. The van der Waals surface area contributed by atoms with Gasteiger partial charge in [0.2, 0.25) is 0 Å². The number of rotatable bonds is 2. The van der Waals surface area contributed by atoms with E-state index in [1.807, 2.05) is 4.90 Å². The molecule has 2 aromatic rings. The highest BCUT2D eigenvalue weighted by Gasteiger charge is 2.27. The fourth-order valence-electron chi connectivity index (χ4n) is 3.92. The Labute approximate surface area is 152 Å². The van der Waals surface area contributed by atoms with Crippen LogP contribution in [0.4, 0.5) is 0 Å². The minimum Gasteiger partial charge on any atom is -0.380 e. The number of nitrogens with zero attached hydrogens (tertiary/aromatic N) is 3. The molecule has 0 spiro atoms. The summed E-state index contributed by atoms with van der Waals surface area (Å²) in [6, 6.07) is 5.83. The molecule has 1 aromatic carbocycles. The second kappa shape index (κ2) is 7.55. The van der Waals surface area contributed by atoms with Crippen LogP contribution >= 0.6 is 0 Å². The molecule has 0 radical (unpaired) electrons. The van der Waals surface area contributed by atoms with Gasteiger partial charge in [-0.3, -0.25) is 14.5 Å². The molecule has 1 aromatic heterocycles. The van der Waals surface area contributed by atoms with Gasteiger partial charge in [0.1, 0.15) is 0 Å². The quantitative estimate of drug-likeness (QED) is 0.876. The average Bonchev–Trinajstić information content (AvgIpc) is 2.96. The summed E-state index contributed by atoms with van der Waals surface area (Å²) in [6.45, 7) is 5.27. The fraction of sp³-hybridized carbons (Fsp3) is 0.526. The third kappa shape index (κ3) is 3.64. The third-order valence-electron chi connectivity index (χ3n) is 5.35. The maximum Gasteiger partial charge on any atom is 0.266 e. The molecule has 4 rings (SSSR count). The van der Waals surface area contributed by atoms with E-state index in [1.165, 1.54) is 6.20 Å². The van der Waals surface area contributed by atoms with Crippen molar-refractivity contribution in [3.05, 3.63) is 40.3 Å². The zero-order valence-electron chi connectivity index (χ0n) is 14.8. The van der Waals surface area contributed by atoms with Crippen LogP contribution in [-0.2, 0) is 4.74 Å². The Morgan fingerprint density at radius 3 is 2.85 bits per heavy atom. The zero-order chi connectivity index (χ0) is 17.9. The fourth-order valence-corrected chi connectivity index (χ4v) is 3.92. The smallest absolute Gasteiger partial charge is 0.266 e. The number of H-pyrrole nitrogens is 1. The van der Waals surface area contributed by atoms with E-state index in [9.17, 15) is 9.59 Å². The highest BCUT2D eigenvalue weighted by atomic mass is 16.5. The topological polar surface area (TPSA) is 78.5 Å². The lowest BCUT2D eigenvalue weighted by atomic mass is 10.0. The molecule has 7 nitrogen and oxygen atoms in total. The molecule has 26 heavy (non-hydrogen) atoms. The molecule has 0 aliphatic carbocycles. The zero-order valence-corrected chi connectivity index (χ0v) is 14.8. The van der Waals surface area contributed by atoms with Crippen molar-refractivity contribution in [1.82, 2.24) is 19.8 Å². The van der Waals surface area contributed by atoms with Crippen molar-refractivity contribution >= 4 is 16.9 Å². The van der Waals surface area contributed by atoms with Gasteiger partial charge in [0, 0.05) is 44.4 Å². The Morgan fingerprint density at radius 2 is 2.00 bits per heavy atom. The van der Waals surface area contributed by atoms with Crippen molar-refractivity contribution in [2.45, 2.75) is 25.3 Å². The summed E-state index contributed by atoms with van der Waals surface area (Å²) >= 11 is 0. The van der Waals surface area contributed by atoms with E-state index in [-0.39, 0.29) is 11.5 Å². The number of amides is 1. The maximum absolute atomic E-state index is 12.8. The first-order valence-electron chi connectivity index (χ1n) is 9.31. The van der Waals surface area contributed by atoms with Crippen LogP contribution < -0.4 is 5.56 Å². The number of likely N-dealkylation sites (tertiary alicyclic amines) is 1. The molecule has 0 bridgehead atoms. The number of ether oxygens (including phenoxy) is 1. The number of aromatic nitrogens is 2. The van der Waals surface area contributed by atoms with Crippen molar-refractivity contribution in [3.63, 3.8) is 0 Å². The highest BCUT2D eigenvalue weighted by Crippen LogP contribution is 2.20. The van der Waals surface area contributed by atoms with Crippen molar-refractivity contribution in [2.75, 3.05) is 39.4 Å². The van der Waals surface area contributed by atoms with Gasteiger partial charge in [0.15, 0.2) is 0 Å². The van der Waals surface area contributed by atoms with Gasteiger partial charge in [-0.15, -0.1) is 0 Å². The molecule has 7 heteroatoms. The maximum atomic E-state index is 12.8. The van der Waals surface area contributed by atoms with E-state index in [2.05, 4.69) is 14.9 Å². The van der Waals surface area contributed by atoms with Gasteiger partial charge < -0.3 is 14.6 Å². The second-order valence-corrected chi connectivity index (χ2v) is 7.00. The number of aromatic amines is 1. The van der Waals surface area contributed by atoms with Crippen molar-refractivity contribution in [1.29, 1.82) is 0 Å². The van der Waals surface area contributed by atoms with E-state index in [4.69, 9.17) is 4.74 Å². The molecule has 1 amide bonds. The van der Waals surface area contributed by atoms with E-state index in [0.29, 0.717) is 22.6 Å². The minimum absolute atomic E-state index is 0.0225. The molecule has 0 atom stereocenters. The number of fused-ring (bicyclic) bond motifs is 1. The normalized spacial score (nSPS) is 20.2. The number of piperidine rings is 1. The van der Waals surface area contributed by atoms with Crippen LogP contribution in [0, 0.1) is 0 Å². The SMILES string of the molecule is O=C(c1ccc2ncc(=O)[nH]c2c1)N1CCC(N2CCCOCC2)CC1. The largest absolute Gasteiger partial charge is 0.380 e. The molecule has 2 saturated heterocycles. The van der Waals surface area contributed by atoms with Gasteiger partial charge in [0.25, 0.3) is 11.5 Å². The molecular weight excluding hydrogens is 332 g/mol. The standard InChI is InChI=1S/C19H24N4O3/c24-18-13-20-16-3-2-14(12-17(16)21-18)19(25)23-7-4-15(5-8-23)22-6-1-10-26-11-9-22/h2-3,12-13,15H,1,4-11H2,(H,21,24). The second-order valence-electron chi connectivity index (χ2n) is 7.00. The van der Waals surface area contributed by atoms with Gasteiger partial charge in [-0.25, -0.2) is 4.98 Å². The van der Waals surface area contributed by atoms with Crippen molar-refractivity contribution in [2.24, 2.45) is 0 Å². The Balaban J connectivity index is 1.42. The van der Waals surface area contributed by atoms with Gasteiger partial charge in [-0.2, -0.15) is 0 Å². The Kier molecular flexibility index (Phi) is 4.99. The lowest BCUT2D eigenvalue weighted by Gasteiger charge is -2.38. The molecule has 2 aliphatic rings. The van der Waals surface area contributed by atoms with Crippen LogP contribution in [0.3, 0.4) is 0 Å². The van der Waals surface area contributed by atoms with Crippen LogP contribution in [0.1, 0.15) is 29.6 Å². The lowest BCUT2D eigenvalue weighted by molar-refractivity contribution is 0.0609. The molecule has 1 N–H and O–H groups in total. The summed E-state index contributed by atoms with van der Waals surface area (Å²) in [5.41, 5.74) is 1.62. The predicted octanol–water partition coefficient (Wildman–Crippen LogP) is 1.25. The van der Waals surface area contributed by atoms with Gasteiger partial charge in [0.05, 0.1) is 23.8 Å². The molecule has 0 unspecified atom stereocenters. The Hall–Kier alpha value is -2.25. The first-order chi connectivity index (χ1) is 12.7. The molecule has 2 aliphatic heterocycles. The number of benzene rings is 1. The molecular formula is C19H24N4O3. The van der Waals surface area contributed by atoms with Crippen LogP contribution in [-0.4, -0.2) is 71.1 Å². The predicted molar refractivity (Wildman–Crippen MR) is 98.3 cm³/mol. The van der Waals surface area contributed by atoms with Crippen molar-refractivity contribution in [3.8, 4) is 0 Å². The lowest BCUT2D eigenvalue weighted by Crippen LogP contribution is -2.47. The number of carbonyl (C=O) groups is 1. The minimum atomic E-state index is -0.260. The number of hydrogen-bond donors (Lipinski definition) is 1. The average molecular weight is 356 g/mol. The van der Waals surface area contributed by atoms with Crippen LogP contribution in [0.5, 0.6) is 0 Å². The summed E-state index contributed by atoms with van der Waals surface area (Å²) in [4.78, 5) is 35.5. The summed E-state index contributed by atoms with van der Waals surface area (Å²) in [6.07, 6.45) is 4.33. The monoisotopic (exact) mass is 356 g/mol. The van der Waals surface area contributed by atoms with E-state index in [0.717, 1.165) is 58.7 Å². The van der Waals surface area contributed by atoms with E-state index >= 15 is 0 Å². The third-order valence-corrected chi connectivity index (χ3v) is 5.35. The van der Waals surface area contributed by atoms with Crippen molar-refractivity contribution < 1.29 is 9.53 Å².